The standard InChI is InChI=1S/C26H30N4O2/c1-4-16-29(17-5-2)25(31)19-30-23-13-7-6-12-22(23)28-24(30)14-9-15-27-26(32)21-11-8-10-20(3)18-21/h4-8,10-13,18H,1-2,9,14-17,19H2,3H3,(H,27,32). The average molecular weight is 431 g/mol. The van der Waals surface area contributed by atoms with Crippen molar-refractivity contribution in [1.82, 2.24) is 19.8 Å². The van der Waals surface area contributed by atoms with Crippen LogP contribution in [0.1, 0.15) is 28.2 Å². The Kier molecular flexibility index (Phi) is 7.97. The molecule has 0 aliphatic heterocycles. The third-order valence-corrected chi connectivity index (χ3v) is 5.22. The SMILES string of the molecule is C=CCN(CC=C)C(=O)Cn1c(CCCNC(=O)c2cccc(C)c2)nc2ccccc21. The van der Waals surface area contributed by atoms with E-state index in [1.165, 1.54) is 0 Å². The van der Waals surface area contributed by atoms with Crippen LogP contribution in [0.25, 0.3) is 11.0 Å². The summed E-state index contributed by atoms with van der Waals surface area (Å²) in [5.41, 5.74) is 3.50. The number of carbonyl (C=O) groups is 2. The Balaban J connectivity index is 1.68. The van der Waals surface area contributed by atoms with Crippen LogP contribution in [0.4, 0.5) is 0 Å². The summed E-state index contributed by atoms with van der Waals surface area (Å²) in [7, 11) is 0. The van der Waals surface area contributed by atoms with Crippen molar-refractivity contribution < 1.29 is 9.59 Å². The lowest BCUT2D eigenvalue weighted by atomic mass is 10.1. The predicted molar refractivity (Wildman–Crippen MR) is 129 cm³/mol. The number of aryl methyl sites for hydroxylation is 2. The van der Waals surface area contributed by atoms with E-state index in [9.17, 15) is 9.59 Å². The Morgan fingerprint density at radius 3 is 2.56 bits per heavy atom. The van der Waals surface area contributed by atoms with Crippen LogP contribution >= 0.6 is 0 Å². The van der Waals surface area contributed by atoms with E-state index >= 15 is 0 Å². The highest BCUT2D eigenvalue weighted by Gasteiger charge is 2.17. The van der Waals surface area contributed by atoms with Gasteiger partial charge in [-0.05, 0) is 37.6 Å². The van der Waals surface area contributed by atoms with Crippen LogP contribution < -0.4 is 5.32 Å². The number of hydrogen-bond acceptors (Lipinski definition) is 3. The fourth-order valence-corrected chi connectivity index (χ4v) is 3.65. The number of hydrogen-bond donors (Lipinski definition) is 1. The fraction of sp³-hybridized carbons (Fsp3) is 0.269. The van der Waals surface area contributed by atoms with E-state index in [2.05, 4.69) is 18.5 Å². The second-order valence-corrected chi connectivity index (χ2v) is 7.71. The smallest absolute Gasteiger partial charge is 0.251 e. The minimum absolute atomic E-state index is 0.0121. The van der Waals surface area contributed by atoms with Crippen molar-refractivity contribution in [3.8, 4) is 0 Å². The van der Waals surface area contributed by atoms with E-state index in [4.69, 9.17) is 4.98 Å². The van der Waals surface area contributed by atoms with E-state index in [-0.39, 0.29) is 18.4 Å². The van der Waals surface area contributed by atoms with Gasteiger partial charge in [0.25, 0.3) is 5.91 Å². The highest BCUT2D eigenvalue weighted by atomic mass is 16.2. The number of nitrogens with zero attached hydrogens (tertiary/aromatic N) is 3. The van der Waals surface area contributed by atoms with Crippen molar-refractivity contribution in [3.05, 3.63) is 90.8 Å². The Hall–Kier alpha value is -3.67. The van der Waals surface area contributed by atoms with E-state index < -0.39 is 0 Å². The lowest BCUT2D eigenvalue weighted by Crippen LogP contribution is -2.34. The maximum absolute atomic E-state index is 12.9. The Labute approximate surface area is 189 Å². The number of nitrogens with one attached hydrogen (secondary N) is 1. The van der Waals surface area contributed by atoms with Gasteiger partial charge in [0.05, 0.1) is 11.0 Å². The van der Waals surface area contributed by atoms with Crippen LogP contribution in [-0.2, 0) is 17.8 Å². The number of para-hydroxylation sites is 2. The first-order valence-corrected chi connectivity index (χ1v) is 10.8. The number of aromatic nitrogens is 2. The van der Waals surface area contributed by atoms with Crippen LogP contribution in [0.2, 0.25) is 0 Å². The molecule has 0 unspecified atom stereocenters. The first kappa shape index (κ1) is 23.0. The Morgan fingerprint density at radius 2 is 1.84 bits per heavy atom. The maximum Gasteiger partial charge on any atom is 0.251 e. The minimum atomic E-state index is -0.0816. The van der Waals surface area contributed by atoms with Gasteiger partial charge in [-0.3, -0.25) is 9.59 Å². The summed E-state index contributed by atoms with van der Waals surface area (Å²) in [4.78, 5) is 31.7. The third-order valence-electron chi connectivity index (χ3n) is 5.22. The molecule has 3 aromatic rings. The first-order valence-electron chi connectivity index (χ1n) is 10.8. The lowest BCUT2D eigenvalue weighted by Gasteiger charge is -2.20. The summed E-state index contributed by atoms with van der Waals surface area (Å²) in [5.74, 6) is 0.741. The molecule has 2 aromatic carbocycles. The van der Waals surface area contributed by atoms with Crippen molar-refractivity contribution >= 4 is 22.8 Å². The molecule has 0 aliphatic carbocycles. The average Bonchev–Trinajstić information content (AvgIpc) is 3.13. The third kappa shape index (κ3) is 5.72. The topological polar surface area (TPSA) is 67.2 Å². The Morgan fingerprint density at radius 1 is 1.09 bits per heavy atom. The Bertz CT molecular complexity index is 1110. The van der Waals surface area contributed by atoms with Gasteiger partial charge in [-0.1, -0.05) is 42.0 Å². The zero-order valence-corrected chi connectivity index (χ0v) is 18.6. The molecule has 0 atom stereocenters. The molecule has 166 valence electrons. The van der Waals surface area contributed by atoms with Crippen LogP contribution in [0, 0.1) is 6.92 Å². The number of carbonyl (C=O) groups excluding carboxylic acids is 2. The molecule has 6 heteroatoms. The van der Waals surface area contributed by atoms with E-state index in [0.717, 1.165) is 28.8 Å². The molecule has 0 spiro atoms. The van der Waals surface area contributed by atoms with Crippen LogP contribution in [0.5, 0.6) is 0 Å². The molecule has 2 amide bonds. The van der Waals surface area contributed by atoms with Gasteiger partial charge in [-0.25, -0.2) is 4.98 Å². The normalized spacial score (nSPS) is 10.7. The van der Waals surface area contributed by atoms with Gasteiger partial charge in [-0.15, -0.1) is 13.2 Å². The highest BCUT2D eigenvalue weighted by molar-refractivity contribution is 5.94. The molecule has 0 bridgehead atoms. The van der Waals surface area contributed by atoms with Gasteiger partial charge < -0.3 is 14.8 Å². The minimum Gasteiger partial charge on any atom is -0.352 e. The van der Waals surface area contributed by atoms with Gasteiger partial charge in [0.1, 0.15) is 12.4 Å². The second kappa shape index (κ2) is 11.1. The number of amides is 2. The molecular formula is C26H30N4O2. The van der Waals surface area contributed by atoms with Crippen molar-refractivity contribution in [3.63, 3.8) is 0 Å². The van der Waals surface area contributed by atoms with Crippen LogP contribution in [0.3, 0.4) is 0 Å². The van der Waals surface area contributed by atoms with Crippen molar-refractivity contribution in [2.45, 2.75) is 26.3 Å². The quantitative estimate of drug-likeness (QED) is 0.370. The van der Waals surface area contributed by atoms with Crippen molar-refractivity contribution in [1.29, 1.82) is 0 Å². The number of benzene rings is 2. The summed E-state index contributed by atoms with van der Waals surface area (Å²) in [5, 5.41) is 2.97. The summed E-state index contributed by atoms with van der Waals surface area (Å²) in [6.45, 7) is 11.1. The number of fused-ring (bicyclic) bond motifs is 1. The molecule has 0 radical (unpaired) electrons. The molecule has 1 aromatic heterocycles. The molecule has 3 rings (SSSR count). The zero-order chi connectivity index (χ0) is 22.9. The zero-order valence-electron chi connectivity index (χ0n) is 18.6. The predicted octanol–water partition coefficient (Wildman–Crippen LogP) is 3.91. The molecule has 0 aliphatic rings. The summed E-state index contributed by atoms with van der Waals surface area (Å²) in [6.07, 6.45) is 4.80. The summed E-state index contributed by atoms with van der Waals surface area (Å²) in [6, 6.07) is 15.3. The summed E-state index contributed by atoms with van der Waals surface area (Å²) < 4.78 is 1.97. The molecule has 1 heterocycles. The maximum atomic E-state index is 12.9. The number of imidazole rings is 1. The van der Waals surface area contributed by atoms with E-state index in [0.29, 0.717) is 31.6 Å². The van der Waals surface area contributed by atoms with E-state index in [1.807, 2.05) is 60.0 Å². The molecule has 32 heavy (non-hydrogen) atoms. The number of rotatable bonds is 11. The molecule has 0 saturated heterocycles. The highest BCUT2D eigenvalue weighted by Crippen LogP contribution is 2.17. The van der Waals surface area contributed by atoms with Gasteiger partial charge >= 0.3 is 0 Å². The second-order valence-electron chi connectivity index (χ2n) is 7.71. The van der Waals surface area contributed by atoms with E-state index in [1.54, 1.807) is 17.1 Å². The largest absolute Gasteiger partial charge is 0.352 e. The molecule has 0 saturated carbocycles. The van der Waals surface area contributed by atoms with Gasteiger partial charge in [0.2, 0.25) is 5.91 Å². The van der Waals surface area contributed by atoms with Gasteiger partial charge in [-0.2, -0.15) is 0 Å². The van der Waals surface area contributed by atoms with Gasteiger partial charge in [0, 0.05) is 31.6 Å². The van der Waals surface area contributed by atoms with Crippen molar-refractivity contribution in [2.75, 3.05) is 19.6 Å². The van der Waals surface area contributed by atoms with Crippen molar-refractivity contribution in [2.24, 2.45) is 0 Å². The summed E-state index contributed by atoms with van der Waals surface area (Å²) >= 11 is 0. The molecule has 0 fully saturated rings. The molecular weight excluding hydrogens is 400 g/mol. The van der Waals surface area contributed by atoms with Crippen LogP contribution in [0.15, 0.2) is 73.8 Å². The first-order chi connectivity index (χ1) is 15.5. The lowest BCUT2D eigenvalue weighted by molar-refractivity contribution is -0.130. The van der Waals surface area contributed by atoms with Crippen LogP contribution in [-0.4, -0.2) is 45.9 Å². The van der Waals surface area contributed by atoms with Gasteiger partial charge in [0.15, 0.2) is 0 Å². The monoisotopic (exact) mass is 430 g/mol. The fourth-order valence-electron chi connectivity index (χ4n) is 3.65. The molecule has 1 N–H and O–H groups in total. The molecule has 6 nitrogen and oxygen atoms in total.